The number of nitrogens with zero attached hydrogens (tertiary/aromatic N) is 1. The lowest BCUT2D eigenvalue weighted by Gasteiger charge is -2.14. The van der Waals surface area contributed by atoms with Crippen molar-refractivity contribution < 1.29 is 0 Å². The van der Waals surface area contributed by atoms with Crippen LogP contribution in [0.15, 0.2) is 103 Å². The Morgan fingerprint density at radius 1 is 0.417 bits per heavy atom. The van der Waals surface area contributed by atoms with Crippen LogP contribution in [0, 0.1) is 0 Å². The molecule has 0 aliphatic heterocycles. The molecule has 1 heterocycles. The minimum Gasteiger partial charge on any atom is -0.256 e. The van der Waals surface area contributed by atoms with Crippen LogP contribution in [-0.4, -0.2) is 4.98 Å². The molecule has 4 aromatic rings. The van der Waals surface area contributed by atoms with Gasteiger partial charge in [-0.15, -0.1) is 0 Å². The molecule has 0 saturated heterocycles. The summed E-state index contributed by atoms with van der Waals surface area (Å²) >= 11 is 0. The zero-order valence-corrected chi connectivity index (χ0v) is 13.3. The number of pyridine rings is 1. The molecular formula is C23H17N. The van der Waals surface area contributed by atoms with Crippen LogP contribution < -0.4 is 0 Å². The van der Waals surface area contributed by atoms with Crippen molar-refractivity contribution in [2.45, 2.75) is 0 Å². The third kappa shape index (κ3) is 2.72. The molecule has 0 amide bonds. The van der Waals surface area contributed by atoms with Gasteiger partial charge in [0.05, 0.1) is 5.69 Å². The summed E-state index contributed by atoms with van der Waals surface area (Å²) in [4.78, 5) is 4.54. The Balaban J connectivity index is 1.93. The first-order valence-electron chi connectivity index (χ1n) is 8.09. The van der Waals surface area contributed by atoms with Gasteiger partial charge in [0.25, 0.3) is 0 Å². The van der Waals surface area contributed by atoms with Crippen molar-refractivity contribution in [3.05, 3.63) is 103 Å². The first-order valence-corrected chi connectivity index (χ1v) is 8.09. The van der Waals surface area contributed by atoms with Gasteiger partial charge in [0.2, 0.25) is 0 Å². The fourth-order valence-corrected chi connectivity index (χ4v) is 3.05. The summed E-state index contributed by atoms with van der Waals surface area (Å²) in [5.41, 5.74) is 7.04. The van der Waals surface area contributed by atoms with E-state index in [-0.39, 0.29) is 0 Å². The molecular weight excluding hydrogens is 290 g/mol. The Hall–Kier alpha value is -3.19. The van der Waals surface area contributed by atoms with Gasteiger partial charge < -0.3 is 0 Å². The molecule has 114 valence electrons. The first-order chi connectivity index (χ1) is 11.9. The van der Waals surface area contributed by atoms with E-state index in [4.69, 9.17) is 0 Å². The predicted octanol–water partition coefficient (Wildman–Crippen LogP) is 6.08. The smallest absolute Gasteiger partial charge is 0.0708 e. The fraction of sp³-hybridized carbons (Fsp3) is 0. The standard InChI is InChI=1S/C23H17N/c1-2-10-18(11-3-1)19-12-4-5-13-20(19)21-14-6-7-15-22(21)23-16-8-9-17-24-23/h1-17H. The molecule has 0 aliphatic rings. The molecule has 0 unspecified atom stereocenters. The second kappa shape index (κ2) is 6.51. The van der Waals surface area contributed by atoms with Crippen LogP contribution >= 0.6 is 0 Å². The van der Waals surface area contributed by atoms with E-state index < -0.39 is 0 Å². The molecule has 1 aromatic heterocycles. The second-order valence-electron chi connectivity index (χ2n) is 5.67. The third-order valence-electron chi connectivity index (χ3n) is 4.17. The summed E-state index contributed by atoms with van der Waals surface area (Å²) in [6, 6.07) is 33.6. The number of hydrogen-bond donors (Lipinski definition) is 0. The first kappa shape index (κ1) is 14.4. The van der Waals surface area contributed by atoms with Gasteiger partial charge in [-0.25, -0.2) is 0 Å². The molecule has 0 radical (unpaired) electrons. The van der Waals surface area contributed by atoms with Gasteiger partial charge in [0, 0.05) is 11.8 Å². The molecule has 0 aliphatic carbocycles. The van der Waals surface area contributed by atoms with E-state index in [0.717, 1.165) is 11.3 Å². The average molecular weight is 307 g/mol. The van der Waals surface area contributed by atoms with Crippen LogP contribution in [0.3, 0.4) is 0 Å². The SMILES string of the molecule is c1ccc(-c2ccccc2-c2ccccc2-c2ccccn2)cc1. The van der Waals surface area contributed by atoms with Gasteiger partial charge >= 0.3 is 0 Å². The maximum absolute atomic E-state index is 4.54. The number of hydrogen-bond acceptors (Lipinski definition) is 1. The van der Waals surface area contributed by atoms with Crippen molar-refractivity contribution in [1.82, 2.24) is 4.98 Å². The highest BCUT2D eigenvalue weighted by atomic mass is 14.7. The monoisotopic (exact) mass is 307 g/mol. The molecule has 0 atom stereocenters. The largest absolute Gasteiger partial charge is 0.256 e. The molecule has 0 saturated carbocycles. The lowest BCUT2D eigenvalue weighted by atomic mass is 9.91. The molecule has 1 nitrogen and oxygen atoms in total. The quantitative estimate of drug-likeness (QED) is 0.447. The van der Waals surface area contributed by atoms with Gasteiger partial charge in [0.1, 0.15) is 0 Å². The molecule has 0 N–H and O–H groups in total. The van der Waals surface area contributed by atoms with Crippen LogP contribution in [0.25, 0.3) is 33.5 Å². The highest BCUT2D eigenvalue weighted by Crippen LogP contribution is 2.37. The van der Waals surface area contributed by atoms with Crippen molar-refractivity contribution in [3.63, 3.8) is 0 Å². The average Bonchev–Trinajstić information content (AvgIpc) is 2.69. The summed E-state index contributed by atoms with van der Waals surface area (Å²) in [5, 5.41) is 0. The van der Waals surface area contributed by atoms with Crippen LogP contribution in [0.4, 0.5) is 0 Å². The number of benzene rings is 3. The van der Waals surface area contributed by atoms with E-state index >= 15 is 0 Å². The van der Waals surface area contributed by atoms with Crippen molar-refractivity contribution in [2.75, 3.05) is 0 Å². The van der Waals surface area contributed by atoms with Crippen molar-refractivity contribution in [3.8, 4) is 33.5 Å². The van der Waals surface area contributed by atoms with Gasteiger partial charge in [-0.2, -0.15) is 0 Å². The zero-order chi connectivity index (χ0) is 16.2. The molecule has 3 aromatic carbocycles. The van der Waals surface area contributed by atoms with Crippen molar-refractivity contribution >= 4 is 0 Å². The zero-order valence-electron chi connectivity index (χ0n) is 13.3. The Kier molecular flexibility index (Phi) is 3.91. The van der Waals surface area contributed by atoms with E-state index in [1.54, 1.807) is 0 Å². The number of rotatable bonds is 3. The van der Waals surface area contributed by atoms with Crippen molar-refractivity contribution in [2.24, 2.45) is 0 Å². The number of aromatic nitrogens is 1. The normalized spacial score (nSPS) is 10.5. The van der Waals surface area contributed by atoms with E-state index in [1.807, 2.05) is 24.4 Å². The van der Waals surface area contributed by atoms with Gasteiger partial charge in [0.15, 0.2) is 0 Å². The topological polar surface area (TPSA) is 12.9 Å². The van der Waals surface area contributed by atoms with Gasteiger partial charge in [-0.3, -0.25) is 4.98 Å². The maximum atomic E-state index is 4.54. The molecule has 1 heteroatoms. The van der Waals surface area contributed by atoms with E-state index in [1.165, 1.54) is 22.3 Å². The summed E-state index contributed by atoms with van der Waals surface area (Å²) in [7, 11) is 0. The van der Waals surface area contributed by atoms with Gasteiger partial charge in [-0.1, -0.05) is 84.9 Å². The minimum absolute atomic E-state index is 0.996. The van der Waals surface area contributed by atoms with Crippen molar-refractivity contribution in [1.29, 1.82) is 0 Å². The summed E-state index contributed by atoms with van der Waals surface area (Å²) in [6.45, 7) is 0. The lowest BCUT2D eigenvalue weighted by Crippen LogP contribution is -1.90. The van der Waals surface area contributed by atoms with Gasteiger partial charge in [-0.05, 0) is 34.4 Å². The summed E-state index contributed by atoms with van der Waals surface area (Å²) in [5.74, 6) is 0. The lowest BCUT2D eigenvalue weighted by molar-refractivity contribution is 1.33. The molecule has 24 heavy (non-hydrogen) atoms. The second-order valence-corrected chi connectivity index (χ2v) is 5.67. The Morgan fingerprint density at radius 3 is 1.62 bits per heavy atom. The highest BCUT2D eigenvalue weighted by Gasteiger charge is 2.11. The molecule has 4 rings (SSSR count). The Morgan fingerprint density at radius 2 is 0.958 bits per heavy atom. The van der Waals surface area contributed by atoms with Crippen LogP contribution in [-0.2, 0) is 0 Å². The highest BCUT2D eigenvalue weighted by molar-refractivity contribution is 5.90. The predicted molar refractivity (Wildman–Crippen MR) is 101 cm³/mol. The van der Waals surface area contributed by atoms with E-state index in [2.05, 4.69) is 83.8 Å². The fourth-order valence-electron chi connectivity index (χ4n) is 3.05. The Labute approximate surface area is 142 Å². The van der Waals surface area contributed by atoms with E-state index in [0.29, 0.717) is 0 Å². The van der Waals surface area contributed by atoms with E-state index in [9.17, 15) is 0 Å². The molecule has 0 fully saturated rings. The minimum atomic E-state index is 0.996. The maximum Gasteiger partial charge on any atom is 0.0708 e. The summed E-state index contributed by atoms with van der Waals surface area (Å²) < 4.78 is 0. The molecule has 0 spiro atoms. The Bertz CT molecular complexity index is 863. The third-order valence-corrected chi connectivity index (χ3v) is 4.17. The van der Waals surface area contributed by atoms with Crippen LogP contribution in [0.1, 0.15) is 0 Å². The molecule has 0 bridgehead atoms. The summed E-state index contributed by atoms with van der Waals surface area (Å²) in [6.07, 6.45) is 1.84. The van der Waals surface area contributed by atoms with Crippen LogP contribution in [0.5, 0.6) is 0 Å². The van der Waals surface area contributed by atoms with Crippen LogP contribution in [0.2, 0.25) is 0 Å².